The van der Waals surface area contributed by atoms with Gasteiger partial charge in [-0.05, 0) is 17.5 Å². The number of fused-ring (bicyclic) bond motifs is 1. The van der Waals surface area contributed by atoms with E-state index in [2.05, 4.69) is 0 Å². The maximum absolute atomic E-state index is 12.8. The second kappa shape index (κ2) is 7.40. The van der Waals surface area contributed by atoms with Crippen molar-refractivity contribution in [3.8, 4) is 11.3 Å². The molecule has 0 bridgehead atoms. The Morgan fingerprint density at radius 1 is 0.893 bits per heavy atom. The van der Waals surface area contributed by atoms with Gasteiger partial charge in [-0.1, -0.05) is 54.6 Å². The predicted octanol–water partition coefficient (Wildman–Crippen LogP) is 4.59. The number of nitro groups is 1. The van der Waals surface area contributed by atoms with Gasteiger partial charge >= 0.3 is 0 Å². The van der Waals surface area contributed by atoms with Gasteiger partial charge in [0.2, 0.25) is 18.0 Å². The van der Waals surface area contributed by atoms with E-state index in [4.69, 9.17) is 0 Å². The molecule has 0 fully saturated rings. The fourth-order valence-corrected chi connectivity index (χ4v) is 3.35. The topological polar surface area (TPSA) is 64.1 Å². The van der Waals surface area contributed by atoms with E-state index < -0.39 is 4.92 Å². The van der Waals surface area contributed by atoms with Gasteiger partial charge in [-0.25, -0.2) is 0 Å². The molecule has 0 N–H and O–H groups in total. The molecule has 0 spiro atoms. The summed E-state index contributed by atoms with van der Waals surface area (Å²) in [5, 5.41) is 13.2. The summed E-state index contributed by atoms with van der Waals surface area (Å²) in [6.45, 7) is 0.146. The summed E-state index contributed by atoms with van der Waals surface area (Å²) in [6.07, 6.45) is 1.86. The number of hydrogen-bond acceptors (Lipinski definition) is 3. The summed E-state index contributed by atoms with van der Waals surface area (Å²) in [7, 11) is 0. The molecule has 0 saturated heterocycles. The first-order chi connectivity index (χ1) is 13.6. The van der Waals surface area contributed by atoms with Crippen molar-refractivity contribution in [3.05, 3.63) is 107 Å². The van der Waals surface area contributed by atoms with Gasteiger partial charge in [-0.15, -0.1) is 0 Å². The second-order valence-electron chi connectivity index (χ2n) is 6.48. The number of nitro benzene ring substituents is 1. The van der Waals surface area contributed by atoms with Crippen LogP contribution in [-0.2, 0) is 6.54 Å². The molecule has 0 unspecified atom stereocenters. The summed E-state index contributed by atoms with van der Waals surface area (Å²) in [6, 6.07) is 25.4. The Hall–Kier alpha value is -3.86. The van der Waals surface area contributed by atoms with Crippen molar-refractivity contribution in [3.63, 3.8) is 0 Å². The average Bonchev–Trinajstić information content (AvgIpc) is 2.74. The van der Waals surface area contributed by atoms with Crippen molar-refractivity contribution in [2.45, 2.75) is 6.54 Å². The number of benzene rings is 3. The largest absolute Gasteiger partial charge is 0.287 e. The van der Waals surface area contributed by atoms with E-state index in [1.54, 1.807) is 24.3 Å². The lowest BCUT2D eigenvalue weighted by Gasteiger charge is -2.08. The molecular formula is C23H17N2O3+. The van der Waals surface area contributed by atoms with Crippen LogP contribution in [0.4, 0.5) is 5.69 Å². The van der Waals surface area contributed by atoms with Crippen molar-refractivity contribution in [1.82, 2.24) is 0 Å². The summed E-state index contributed by atoms with van der Waals surface area (Å²) < 4.78 is 1.86. The lowest BCUT2D eigenvalue weighted by Crippen LogP contribution is -2.40. The monoisotopic (exact) mass is 369 g/mol. The molecular weight excluding hydrogens is 352 g/mol. The number of ketones is 1. The van der Waals surface area contributed by atoms with Crippen LogP contribution >= 0.6 is 0 Å². The summed E-state index contributed by atoms with van der Waals surface area (Å²) >= 11 is 0. The minimum atomic E-state index is -0.409. The molecule has 0 aliphatic heterocycles. The first-order valence-electron chi connectivity index (χ1n) is 8.88. The van der Waals surface area contributed by atoms with Crippen molar-refractivity contribution in [1.29, 1.82) is 0 Å². The third-order valence-electron chi connectivity index (χ3n) is 4.68. The minimum Gasteiger partial charge on any atom is -0.287 e. The SMILES string of the molecule is O=C(C[n+]1ccc2ccccc2c1-c1cccc([N+](=O)[O-])c1)c1ccccc1. The zero-order chi connectivity index (χ0) is 19.5. The molecule has 0 saturated carbocycles. The lowest BCUT2D eigenvalue weighted by molar-refractivity contribution is -0.671. The molecule has 1 heterocycles. The molecule has 1 aromatic heterocycles. The first-order valence-corrected chi connectivity index (χ1v) is 8.88. The highest BCUT2D eigenvalue weighted by Crippen LogP contribution is 2.28. The maximum Gasteiger partial charge on any atom is 0.270 e. The van der Waals surface area contributed by atoms with Crippen molar-refractivity contribution in [2.24, 2.45) is 0 Å². The Morgan fingerprint density at radius 3 is 2.43 bits per heavy atom. The van der Waals surface area contributed by atoms with Crippen LogP contribution in [0.3, 0.4) is 0 Å². The Morgan fingerprint density at radius 2 is 1.64 bits per heavy atom. The molecule has 4 rings (SSSR count). The van der Waals surface area contributed by atoms with Gasteiger partial charge in [0.05, 0.1) is 15.9 Å². The highest BCUT2D eigenvalue weighted by atomic mass is 16.6. The van der Waals surface area contributed by atoms with Crippen LogP contribution in [0.2, 0.25) is 0 Å². The van der Waals surface area contributed by atoms with E-state index in [0.717, 1.165) is 16.5 Å². The van der Waals surface area contributed by atoms with Gasteiger partial charge in [-0.2, -0.15) is 4.57 Å². The number of carbonyl (C=O) groups excluding carboxylic acids is 1. The van der Waals surface area contributed by atoms with Crippen LogP contribution < -0.4 is 4.57 Å². The minimum absolute atomic E-state index is 0.0198. The number of aromatic nitrogens is 1. The number of Topliss-reactive ketones (excluding diaryl/α,β-unsaturated/α-hetero) is 1. The normalized spacial score (nSPS) is 10.7. The third kappa shape index (κ3) is 3.38. The van der Waals surface area contributed by atoms with Crippen LogP contribution in [-0.4, -0.2) is 10.7 Å². The molecule has 0 amide bonds. The van der Waals surface area contributed by atoms with Gasteiger partial charge in [0.25, 0.3) is 5.69 Å². The number of pyridine rings is 1. The smallest absolute Gasteiger partial charge is 0.270 e. The number of hydrogen-bond donors (Lipinski definition) is 0. The van der Waals surface area contributed by atoms with Crippen LogP contribution in [0.5, 0.6) is 0 Å². The Labute approximate surface area is 161 Å². The highest BCUT2D eigenvalue weighted by Gasteiger charge is 2.22. The molecule has 0 atom stereocenters. The number of rotatable bonds is 5. The summed E-state index contributed by atoms with van der Waals surface area (Å²) in [4.78, 5) is 23.6. The molecule has 3 aromatic carbocycles. The summed E-state index contributed by atoms with van der Waals surface area (Å²) in [5.74, 6) is -0.0208. The maximum atomic E-state index is 12.8. The fraction of sp³-hybridized carbons (Fsp3) is 0.0435. The van der Waals surface area contributed by atoms with Crippen LogP contribution in [0.15, 0.2) is 91.1 Å². The molecule has 0 aliphatic rings. The summed E-state index contributed by atoms with van der Waals surface area (Å²) in [5.41, 5.74) is 2.14. The van der Waals surface area contributed by atoms with Crippen molar-refractivity contribution >= 4 is 22.2 Å². The van der Waals surface area contributed by atoms with E-state index in [1.807, 2.05) is 65.4 Å². The molecule has 0 radical (unpaired) electrons. The zero-order valence-corrected chi connectivity index (χ0v) is 15.0. The van der Waals surface area contributed by atoms with E-state index in [1.165, 1.54) is 6.07 Å². The Kier molecular flexibility index (Phi) is 4.64. The molecule has 5 heteroatoms. The lowest BCUT2D eigenvalue weighted by atomic mass is 10.0. The highest BCUT2D eigenvalue weighted by molar-refractivity contribution is 5.96. The third-order valence-corrected chi connectivity index (χ3v) is 4.68. The second-order valence-corrected chi connectivity index (χ2v) is 6.48. The fourth-order valence-electron chi connectivity index (χ4n) is 3.35. The van der Waals surface area contributed by atoms with Gasteiger partial charge in [0, 0.05) is 23.8 Å². The van der Waals surface area contributed by atoms with Crippen LogP contribution in [0.25, 0.3) is 22.0 Å². The van der Waals surface area contributed by atoms with Gasteiger partial charge in [0.15, 0.2) is 6.20 Å². The Balaban J connectivity index is 1.88. The number of non-ortho nitro benzene ring substituents is 1. The van der Waals surface area contributed by atoms with E-state index >= 15 is 0 Å². The van der Waals surface area contributed by atoms with Gasteiger partial charge in [-0.3, -0.25) is 14.9 Å². The number of nitrogens with zero attached hydrogens (tertiary/aromatic N) is 2. The molecule has 0 aliphatic carbocycles. The molecule has 28 heavy (non-hydrogen) atoms. The molecule has 4 aromatic rings. The first kappa shape index (κ1) is 17.5. The quantitative estimate of drug-likeness (QED) is 0.224. The predicted molar refractivity (Wildman–Crippen MR) is 107 cm³/mol. The Bertz CT molecular complexity index is 1190. The number of carbonyl (C=O) groups is 1. The average molecular weight is 369 g/mol. The standard InChI is InChI=1S/C23H17N2O3/c26-22(18-8-2-1-3-9-18)16-24-14-13-17-7-4-5-12-21(17)23(24)19-10-6-11-20(15-19)25(27)28/h1-15H,16H2/q+1. The van der Waals surface area contributed by atoms with E-state index in [9.17, 15) is 14.9 Å². The molecule has 136 valence electrons. The van der Waals surface area contributed by atoms with Crippen molar-refractivity contribution in [2.75, 3.05) is 0 Å². The van der Waals surface area contributed by atoms with Crippen LogP contribution in [0, 0.1) is 10.1 Å². The van der Waals surface area contributed by atoms with Gasteiger partial charge < -0.3 is 0 Å². The van der Waals surface area contributed by atoms with Crippen molar-refractivity contribution < 1.29 is 14.3 Å². The zero-order valence-electron chi connectivity index (χ0n) is 15.0. The van der Waals surface area contributed by atoms with Gasteiger partial charge in [0.1, 0.15) is 0 Å². The molecule has 5 nitrogen and oxygen atoms in total. The van der Waals surface area contributed by atoms with E-state index in [-0.39, 0.29) is 18.0 Å². The van der Waals surface area contributed by atoms with E-state index in [0.29, 0.717) is 11.1 Å². The van der Waals surface area contributed by atoms with Crippen LogP contribution in [0.1, 0.15) is 10.4 Å².